The Kier molecular flexibility index (Phi) is 5.88. The fourth-order valence-corrected chi connectivity index (χ4v) is 2.82. The molecule has 1 saturated heterocycles. The van der Waals surface area contributed by atoms with Gasteiger partial charge in [-0.1, -0.05) is 17.7 Å². The molecule has 0 unspecified atom stereocenters. The Bertz CT molecular complexity index is 485. The van der Waals surface area contributed by atoms with Gasteiger partial charge in [-0.05, 0) is 49.9 Å². The van der Waals surface area contributed by atoms with Gasteiger partial charge in [-0.3, -0.25) is 0 Å². The lowest BCUT2D eigenvalue weighted by molar-refractivity contribution is 0.0950. The van der Waals surface area contributed by atoms with E-state index < -0.39 is 0 Å². The maximum Gasteiger partial charge on any atom is 0.409 e. The Morgan fingerprint density at radius 2 is 2.14 bits per heavy atom. The van der Waals surface area contributed by atoms with Crippen molar-refractivity contribution in [3.63, 3.8) is 0 Å². The third kappa shape index (κ3) is 4.61. The number of nitrogens with zero attached hydrogens (tertiary/aromatic N) is 1. The van der Waals surface area contributed by atoms with Crippen LogP contribution in [0, 0.1) is 6.92 Å². The van der Waals surface area contributed by atoms with Crippen LogP contribution in [-0.2, 0) is 11.3 Å². The lowest BCUT2D eigenvalue weighted by atomic mass is 10.0. The van der Waals surface area contributed by atoms with Crippen LogP contribution in [0.25, 0.3) is 0 Å². The zero-order chi connectivity index (χ0) is 15.2. The van der Waals surface area contributed by atoms with E-state index in [9.17, 15) is 4.79 Å². The molecule has 1 heterocycles. The van der Waals surface area contributed by atoms with Crippen LogP contribution < -0.4 is 5.32 Å². The maximum atomic E-state index is 11.6. The summed E-state index contributed by atoms with van der Waals surface area (Å²) in [5.41, 5.74) is 2.48. The summed E-state index contributed by atoms with van der Waals surface area (Å²) in [5.74, 6) is 0. The predicted molar refractivity (Wildman–Crippen MR) is 84.6 cm³/mol. The van der Waals surface area contributed by atoms with E-state index in [0.717, 1.165) is 37.5 Å². The van der Waals surface area contributed by atoms with Crippen LogP contribution in [0.15, 0.2) is 18.2 Å². The van der Waals surface area contributed by atoms with Crippen molar-refractivity contribution >= 4 is 17.7 Å². The van der Waals surface area contributed by atoms with Crippen LogP contribution in [-0.4, -0.2) is 36.7 Å². The smallest absolute Gasteiger partial charge is 0.409 e. The topological polar surface area (TPSA) is 41.6 Å². The Morgan fingerprint density at radius 3 is 2.76 bits per heavy atom. The summed E-state index contributed by atoms with van der Waals surface area (Å²) in [4.78, 5) is 13.4. The third-order valence-corrected chi connectivity index (χ3v) is 4.14. The molecule has 116 valence electrons. The Balaban J connectivity index is 1.77. The van der Waals surface area contributed by atoms with Gasteiger partial charge >= 0.3 is 6.09 Å². The molecule has 1 amide bonds. The number of rotatable bonds is 4. The molecule has 1 N–H and O–H groups in total. The molecule has 0 bridgehead atoms. The van der Waals surface area contributed by atoms with Gasteiger partial charge in [0.25, 0.3) is 0 Å². The van der Waals surface area contributed by atoms with Crippen LogP contribution >= 0.6 is 11.6 Å². The monoisotopic (exact) mass is 310 g/mol. The second-order valence-electron chi connectivity index (χ2n) is 5.41. The number of nitrogens with one attached hydrogen (secondary N) is 1. The fraction of sp³-hybridized carbons (Fsp3) is 0.562. The zero-order valence-corrected chi connectivity index (χ0v) is 13.4. The molecule has 1 aliphatic heterocycles. The zero-order valence-electron chi connectivity index (χ0n) is 12.7. The molecule has 1 aromatic rings. The number of benzene rings is 1. The van der Waals surface area contributed by atoms with Crippen LogP contribution in [0.2, 0.25) is 5.02 Å². The van der Waals surface area contributed by atoms with Gasteiger partial charge in [-0.15, -0.1) is 0 Å². The van der Waals surface area contributed by atoms with Gasteiger partial charge in [0.1, 0.15) is 0 Å². The molecule has 0 atom stereocenters. The van der Waals surface area contributed by atoms with Gasteiger partial charge in [0.2, 0.25) is 0 Å². The van der Waals surface area contributed by atoms with E-state index in [4.69, 9.17) is 16.3 Å². The van der Waals surface area contributed by atoms with Crippen molar-refractivity contribution in [3.8, 4) is 0 Å². The summed E-state index contributed by atoms with van der Waals surface area (Å²) in [6.07, 6.45) is 1.74. The van der Waals surface area contributed by atoms with Gasteiger partial charge in [0.15, 0.2) is 0 Å². The van der Waals surface area contributed by atoms with Crippen LogP contribution in [0.4, 0.5) is 4.79 Å². The highest BCUT2D eigenvalue weighted by Crippen LogP contribution is 2.16. The Labute approximate surface area is 131 Å². The van der Waals surface area contributed by atoms with Crippen LogP contribution in [0.1, 0.15) is 30.9 Å². The lowest BCUT2D eigenvalue weighted by Gasteiger charge is -2.31. The molecule has 21 heavy (non-hydrogen) atoms. The molecule has 1 aliphatic rings. The molecule has 2 rings (SSSR count). The highest BCUT2D eigenvalue weighted by Gasteiger charge is 2.23. The first-order valence-corrected chi connectivity index (χ1v) is 7.88. The third-order valence-electron chi connectivity index (χ3n) is 3.91. The average Bonchev–Trinajstić information content (AvgIpc) is 2.47. The quantitative estimate of drug-likeness (QED) is 0.927. The number of carbonyl (C=O) groups excluding carboxylic acids is 1. The molecular weight excluding hydrogens is 288 g/mol. The molecule has 4 nitrogen and oxygen atoms in total. The molecule has 5 heteroatoms. The molecule has 0 radical (unpaired) electrons. The molecule has 1 fully saturated rings. The highest BCUT2D eigenvalue weighted by molar-refractivity contribution is 6.30. The first-order chi connectivity index (χ1) is 10.1. The first-order valence-electron chi connectivity index (χ1n) is 7.50. The number of carbonyl (C=O) groups is 1. The van der Waals surface area contributed by atoms with Crippen molar-refractivity contribution in [3.05, 3.63) is 34.3 Å². The number of likely N-dealkylation sites (tertiary alicyclic amines) is 1. The van der Waals surface area contributed by atoms with Gasteiger partial charge in [-0.25, -0.2) is 4.79 Å². The standard InChI is InChI=1S/C16H23ClN2O2/c1-3-21-16(20)19-8-6-15(7-9-19)18-11-13-4-5-14(17)10-12(13)2/h4-5,10,15,18H,3,6-9,11H2,1-2H3. The van der Waals surface area contributed by atoms with E-state index >= 15 is 0 Å². The lowest BCUT2D eigenvalue weighted by Crippen LogP contribution is -2.44. The summed E-state index contributed by atoms with van der Waals surface area (Å²) in [6.45, 7) is 6.71. The van der Waals surface area contributed by atoms with Crippen molar-refractivity contribution in [2.45, 2.75) is 39.3 Å². The molecule has 0 saturated carbocycles. The molecule has 0 aromatic heterocycles. The number of piperidine rings is 1. The SMILES string of the molecule is CCOC(=O)N1CCC(NCc2ccc(Cl)cc2C)CC1. The second-order valence-corrected chi connectivity index (χ2v) is 5.85. The van der Waals surface area contributed by atoms with Gasteiger partial charge in [-0.2, -0.15) is 0 Å². The Hall–Kier alpha value is -1.26. The van der Waals surface area contributed by atoms with Gasteiger partial charge in [0, 0.05) is 30.7 Å². The van der Waals surface area contributed by atoms with Crippen molar-refractivity contribution in [1.82, 2.24) is 10.2 Å². The van der Waals surface area contributed by atoms with Crippen molar-refractivity contribution in [1.29, 1.82) is 0 Å². The number of ether oxygens (including phenoxy) is 1. The van der Waals surface area contributed by atoms with E-state index in [1.807, 2.05) is 19.1 Å². The largest absolute Gasteiger partial charge is 0.450 e. The summed E-state index contributed by atoms with van der Waals surface area (Å²) >= 11 is 5.97. The number of hydrogen-bond donors (Lipinski definition) is 1. The van der Waals surface area contributed by atoms with Crippen molar-refractivity contribution in [2.75, 3.05) is 19.7 Å². The number of aryl methyl sites for hydroxylation is 1. The minimum absolute atomic E-state index is 0.190. The summed E-state index contributed by atoms with van der Waals surface area (Å²) in [7, 11) is 0. The second kappa shape index (κ2) is 7.66. The number of amides is 1. The normalized spacial score (nSPS) is 16.0. The summed E-state index contributed by atoms with van der Waals surface area (Å²) in [5, 5.41) is 4.34. The summed E-state index contributed by atoms with van der Waals surface area (Å²) in [6, 6.07) is 6.43. The average molecular weight is 311 g/mol. The minimum Gasteiger partial charge on any atom is -0.450 e. The van der Waals surface area contributed by atoms with Crippen molar-refractivity contribution in [2.24, 2.45) is 0 Å². The molecule has 1 aromatic carbocycles. The van der Waals surface area contributed by atoms with E-state index in [0.29, 0.717) is 12.6 Å². The van der Waals surface area contributed by atoms with Crippen LogP contribution in [0.5, 0.6) is 0 Å². The molecular formula is C16H23ClN2O2. The highest BCUT2D eigenvalue weighted by atomic mass is 35.5. The van der Waals surface area contributed by atoms with E-state index in [-0.39, 0.29) is 6.09 Å². The minimum atomic E-state index is -0.190. The molecule has 0 spiro atoms. The number of halogens is 1. The van der Waals surface area contributed by atoms with Crippen LogP contribution in [0.3, 0.4) is 0 Å². The maximum absolute atomic E-state index is 11.6. The first kappa shape index (κ1) is 16.1. The number of hydrogen-bond acceptors (Lipinski definition) is 3. The van der Waals surface area contributed by atoms with Crippen molar-refractivity contribution < 1.29 is 9.53 Å². The molecule has 0 aliphatic carbocycles. The van der Waals surface area contributed by atoms with Gasteiger partial charge in [0.05, 0.1) is 6.61 Å². The Morgan fingerprint density at radius 1 is 1.43 bits per heavy atom. The van der Waals surface area contributed by atoms with E-state index in [1.165, 1.54) is 11.1 Å². The summed E-state index contributed by atoms with van der Waals surface area (Å²) < 4.78 is 5.03. The fourth-order valence-electron chi connectivity index (χ4n) is 2.59. The van der Waals surface area contributed by atoms with Gasteiger partial charge < -0.3 is 15.0 Å². The van der Waals surface area contributed by atoms with E-state index in [1.54, 1.807) is 4.90 Å². The van der Waals surface area contributed by atoms with E-state index in [2.05, 4.69) is 18.3 Å². The predicted octanol–water partition coefficient (Wildman–Crippen LogP) is 3.36.